The van der Waals surface area contributed by atoms with Crippen molar-refractivity contribution in [2.24, 2.45) is 5.92 Å². The topological polar surface area (TPSA) is 68.4 Å². The molecule has 0 aliphatic carbocycles. The van der Waals surface area contributed by atoms with Gasteiger partial charge in [0.15, 0.2) is 0 Å². The number of hydrogen-bond acceptors (Lipinski definition) is 6. The first-order valence-electron chi connectivity index (χ1n) is 13.9. The minimum atomic E-state index is -0.0927. The van der Waals surface area contributed by atoms with Gasteiger partial charge in [-0.3, -0.25) is 4.79 Å². The highest BCUT2D eigenvalue weighted by Crippen LogP contribution is 2.30. The molecule has 38 heavy (non-hydrogen) atoms. The molecule has 3 heterocycles. The van der Waals surface area contributed by atoms with Crippen LogP contribution in [0.5, 0.6) is 0 Å². The Bertz CT molecular complexity index is 1230. The van der Waals surface area contributed by atoms with Crippen LogP contribution in [0.2, 0.25) is 0 Å². The van der Waals surface area contributed by atoms with Gasteiger partial charge in [0.2, 0.25) is 0 Å². The van der Waals surface area contributed by atoms with Crippen molar-refractivity contribution in [2.75, 3.05) is 45.1 Å². The summed E-state index contributed by atoms with van der Waals surface area (Å²) in [7, 11) is 2.22. The van der Waals surface area contributed by atoms with Crippen molar-refractivity contribution in [1.29, 1.82) is 0 Å². The molecule has 0 radical (unpaired) electrons. The molecule has 0 spiro atoms. The van der Waals surface area contributed by atoms with Crippen molar-refractivity contribution < 1.29 is 4.79 Å². The number of nitrogens with zero attached hydrogens (tertiary/aromatic N) is 1. The summed E-state index contributed by atoms with van der Waals surface area (Å²) in [6.45, 7) is 10.4. The van der Waals surface area contributed by atoms with Crippen LogP contribution in [0, 0.1) is 12.8 Å². The predicted octanol–water partition coefficient (Wildman–Crippen LogP) is 5.03. The van der Waals surface area contributed by atoms with Crippen LogP contribution < -0.4 is 21.3 Å². The molecule has 5 rings (SSSR count). The fraction of sp³-hybridized carbons (Fsp3) is 0.452. The van der Waals surface area contributed by atoms with Gasteiger partial charge >= 0.3 is 0 Å². The molecule has 2 fully saturated rings. The van der Waals surface area contributed by atoms with E-state index in [2.05, 4.69) is 82.6 Å². The van der Waals surface area contributed by atoms with Gasteiger partial charge in [-0.1, -0.05) is 24.3 Å². The first-order chi connectivity index (χ1) is 18.4. The van der Waals surface area contributed by atoms with Crippen LogP contribution in [0.3, 0.4) is 0 Å². The third kappa shape index (κ3) is 6.83. The smallest absolute Gasteiger partial charge is 0.252 e. The lowest BCUT2D eigenvalue weighted by Crippen LogP contribution is -2.51. The fourth-order valence-electron chi connectivity index (χ4n) is 5.20. The summed E-state index contributed by atoms with van der Waals surface area (Å²) in [4.78, 5) is 18.3. The Morgan fingerprint density at radius 3 is 2.68 bits per heavy atom. The second kappa shape index (κ2) is 12.4. The normalized spacial score (nSPS) is 17.7. The molecule has 3 aromatic rings. The van der Waals surface area contributed by atoms with E-state index in [9.17, 15) is 4.79 Å². The number of rotatable bonds is 10. The summed E-state index contributed by atoms with van der Waals surface area (Å²) in [5, 5.41) is 13.7. The quantitative estimate of drug-likeness (QED) is 0.296. The summed E-state index contributed by atoms with van der Waals surface area (Å²) in [6.07, 6.45) is 2.58. The van der Waals surface area contributed by atoms with Crippen molar-refractivity contribution >= 4 is 22.9 Å². The highest BCUT2D eigenvalue weighted by molar-refractivity contribution is 7.15. The molecule has 2 aromatic carbocycles. The van der Waals surface area contributed by atoms with Gasteiger partial charge in [-0.15, -0.1) is 11.3 Å². The van der Waals surface area contributed by atoms with E-state index in [-0.39, 0.29) is 11.9 Å². The van der Waals surface area contributed by atoms with Gasteiger partial charge in [0, 0.05) is 40.6 Å². The Morgan fingerprint density at radius 2 is 1.92 bits per heavy atom. The molecule has 1 aromatic heterocycles. The molecule has 4 N–H and O–H groups in total. The second-order valence-electron chi connectivity index (χ2n) is 11.0. The van der Waals surface area contributed by atoms with Crippen molar-refractivity contribution in [3.63, 3.8) is 0 Å². The van der Waals surface area contributed by atoms with Crippen molar-refractivity contribution in [1.82, 2.24) is 20.9 Å². The largest absolute Gasteiger partial charge is 0.380 e. The zero-order chi connectivity index (χ0) is 26.5. The van der Waals surface area contributed by atoms with Crippen LogP contribution >= 0.6 is 11.3 Å². The number of hydrogen-bond donors (Lipinski definition) is 4. The maximum absolute atomic E-state index is 13.2. The highest BCUT2D eigenvalue weighted by atomic mass is 32.1. The van der Waals surface area contributed by atoms with E-state index < -0.39 is 0 Å². The van der Waals surface area contributed by atoms with E-state index in [1.807, 2.05) is 30.4 Å². The lowest BCUT2D eigenvalue weighted by atomic mass is 9.97. The molecule has 2 aliphatic rings. The third-order valence-electron chi connectivity index (χ3n) is 7.89. The number of likely N-dealkylation sites (tertiary alicyclic amines) is 1. The van der Waals surface area contributed by atoms with E-state index in [1.165, 1.54) is 41.2 Å². The number of aryl methyl sites for hydroxylation is 1. The summed E-state index contributed by atoms with van der Waals surface area (Å²) >= 11 is 1.85. The average Bonchev–Trinajstić information content (AvgIpc) is 3.37. The summed E-state index contributed by atoms with van der Waals surface area (Å²) in [6, 6.07) is 19.4. The minimum absolute atomic E-state index is 0.0371. The zero-order valence-electron chi connectivity index (χ0n) is 22.8. The Labute approximate surface area is 231 Å². The van der Waals surface area contributed by atoms with Gasteiger partial charge < -0.3 is 26.2 Å². The van der Waals surface area contributed by atoms with Crippen molar-refractivity contribution in [3.8, 4) is 10.4 Å². The summed E-state index contributed by atoms with van der Waals surface area (Å²) in [5.41, 5.74) is 5.01. The average molecular weight is 532 g/mol. The molecule has 0 unspecified atom stereocenters. The second-order valence-corrected chi connectivity index (χ2v) is 12.2. The Balaban J connectivity index is 1.17. The van der Waals surface area contributed by atoms with Crippen LogP contribution in [-0.2, 0) is 6.54 Å². The Hall–Kier alpha value is -2.71. The SMILES string of the molecule is Cc1ccc(NC2CNC2)cc1C(=O)N[C@H](C)c1cccc(-c2ccc(CNCC3CCN(C)CC3)s2)c1. The maximum Gasteiger partial charge on any atom is 0.252 e. The number of piperidine rings is 1. The molecular formula is C31H41N5OS. The first-order valence-corrected chi connectivity index (χ1v) is 14.7. The highest BCUT2D eigenvalue weighted by Gasteiger charge is 2.19. The van der Waals surface area contributed by atoms with E-state index in [0.29, 0.717) is 6.04 Å². The Kier molecular flexibility index (Phi) is 8.79. The van der Waals surface area contributed by atoms with Gasteiger partial charge in [0.05, 0.1) is 12.1 Å². The molecule has 7 heteroatoms. The van der Waals surface area contributed by atoms with Crippen LogP contribution in [-0.4, -0.2) is 56.6 Å². The lowest BCUT2D eigenvalue weighted by molar-refractivity contribution is 0.0939. The maximum atomic E-state index is 13.2. The van der Waals surface area contributed by atoms with Crippen molar-refractivity contribution in [3.05, 3.63) is 76.2 Å². The van der Waals surface area contributed by atoms with E-state index in [4.69, 9.17) is 0 Å². The number of thiophene rings is 1. The minimum Gasteiger partial charge on any atom is -0.380 e. The molecule has 2 aliphatic heterocycles. The first kappa shape index (κ1) is 26.9. The molecule has 0 saturated carbocycles. The number of anilines is 1. The number of benzene rings is 2. The monoisotopic (exact) mass is 531 g/mol. The molecular weight excluding hydrogens is 490 g/mol. The number of carbonyl (C=O) groups excluding carboxylic acids is 1. The van der Waals surface area contributed by atoms with Crippen molar-refractivity contribution in [2.45, 2.75) is 45.3 Å². The van der Waals surface area contributed by atoms with Gasteiger partial charge in [0.25, 0.3) is 5.91 Å². The van der Waals surface area contributed by atoms with Gasteiger partial charge in [0.1, 0.15) is 0 Å². The summed E-state index contributed by atoms with van der Waals surface area (Å²) < 4.78 is 0. The molecule has 1 atom stereocenters. The van der Waals surface area contributed by atoms with Crippen LogP contribution in [0.4, 0.5) is 5.69 Å². The fourth-order valence-corrected chi connectivity index (χ4v) is 6.17. The molecule has 0 bridgehead atoms. The summed E-state index contributed by atoms with van der Waals surface area (Å²) in [5.74, 6) is 0.756. The molecule has 1 amide bonds. The predicted molar refractivity (Wildman–Crippen MR) is 159 cm³/mol. The number of nitrogens with one attached hydrogen (secondary N) is 4. The lowest BCUT2D eigenvalue weighted by Gasteiger charge is -2.29. The van der Waals surface area contributed by atoms with E-state index in [1.54, 1.807) is 0 Å². The van der Waals surface area contributed by atoms with Gasteiger partial charge in [-0.2, -0.15) is 0 Å². The molecule has 2 saturated heterocycles. The van der Waals surface area contributed by atoms with Crippen LogP contribution in [0.1, 0.15) is 52.2 Å². The molecule has 202 valence electrons. The number of amides is 1. The third-order valence-corrected chi connectivity index (χ3v) is 9.02. The standard InChI is InChI=1S/C31H41N5OS/c1-21-7-8-26(35-27-18-33-19-27)16-29(21)31(37)34-22(2)24-5-4-6-25(15-24)30-10-9-28(38-30)20-32-17-23-11-13-36(3)14-12-23/h4-10,15-16,22-23,27,32-33,35H,11-14,17-20H2,1-3H3,(H,34,37)/t22-/m1/s1. The van der Waals surface area contributed by atoms with Gasteiger partial charge in [-0.05, 0) is 106 Å². The zero-order valence-corrected chi connectivity index (χ0v) is 23.7. The molecule has 6 nitrogen and oxygen atoms in total. The van der Waals surface area contributed by atoms with E-state index in [0.717, 1.165) is 54.5 Å². The van der Waals surface area contributed by atoms with Crippen LogP contribution in [0.15, 0.2) is 54.6 Å². The Morgan fingerprint density at radius 1 is 1.11 bits per heavy atom. The van der Waals surface area contributed by atoms with Gasteiger partial charge in [-0.25, -0.2) is 0 Å². The van der Waals surface area contributed by atoms with E-state index >= 15 is 0 Å². The van der Waals surface area contributed by atoms with Crippen LogP contribution in [0.25, 0.3) is 10.4 Å². The number of carbonyl (C=O) groups is 1.